The SMILES string of the molecule is Cc1ccc(N2CCOC(C(N)=S)C2)nn1. The van der Waals surface area contributed by atoms with Gasteiger partial charge in [0.15, 0.2) is 5.82 Å². The van der Waals surface area contributed by atoms with E-state index in [1.165, 1.54) is 0 Å². The average Bonchev–Trinajstić information content (AvgIpc) is 2.30. The molecule has 5 nitrogen and oxygen atoms in total. The second kappa shape index (κ2) is 4.71. The smallest absolute Gasteiger partial charge is 0.151 e. The molecule has 1 fully saturated rings. The van der Waals surface area contributed by atoms with Gasteiger partial charge in [0.1, 0.15) is 11.1 Å². The maximum absolute atomic E-state index is 5.58. The Kier molecular flexibility index (Phi) is 3.31. The Hall–Kier alpha value is -1.27. The first-order valence-corrected chi connectivity index (χ1v) is 5.54. The van der Waals surface area contributed by atoms with Gasteiger partial charge in [-0.2, -0.15) is 5.10 Å². The molecule has 1 saturated heterocycles. The number of hydrogen-bond acceptors (Lipinski definition) is 5. The van der Waals surface area contributed by atoms with E-state index in [9.17, 15) is 0 Å². The van der Waals surface area contributed by atoms with Gasteiger partial charge in [0.2, 0.25) is 0 Å². The fraction of sp³-hybridized carbons (Fsp3) is 0.500. The minimum atomic E-state index is -0.188. The van der Waals surface area contributed by atoms with Crippen LogP contribution < -0.4 is 10.6 Å². The molecule has 0 spiro atoms. The van der Waals surface area contributed by atoms with Crippen molar-refractivity contribution in [3.63, 3.8) is 0 Å². The molecule has 0 aromatic carbocycles. The van der Waals surface area contributed by atoms with Crippen molar-refractivity contribution in [2.75, 3.05) is 24.6 Å². The number of morpholine rings is 1. The molecule has 6 heteroatoms. The van der Waals surface area contributed by atoms with Gasteiger partial charge in [0, 0.05) is 6.54 Å². The normalized spacial score (nSPS) is 20.8. The van der Waals surface area contributed by atoms with Gasteiger partial charge < -0.3 is 15.4 Å². The molecule has 1 unspecified atom stereocenters. The average molecular weight is 238 g/mol. The van der Waals surface area contributed by atoms with Gasteiger partial charge in [-0.1, -0.05) is 12.2 Å². The lowest BCUT2D eigenvalue weighted by Crippen LogP contribution is -2.48. The van der Waals surface area contributed by atoms with Crippen molar-refractivity contribution >= 4 is 23.0 Å². The third kappa shape index (κ3) is 2.45. The quantitative estimate of drug-likeness (QED) is 0.746. The molecule has 2 N–H and O–H groups in total. The number of thiocarbonyl (C=S) groups is 1. The van der Waals surface area contributed by atoms with Crippen LogP contribution in [0.5, 0.6) is 0 Å². The maximum Gasteiger partial charge on any atom is 0.151 e. The maximum atomic E-state index is 5.58. The zero-order valence-electron chi connectivity index (χ0n) is 9.09. The zero-order valence-corrected chi connectivity index (χ0v) is 9.91. The standard InChI is InChI=1S/C10H14N4OS/c1-7-2-3-9(13-12-7)14-4-5-15-8(6-14)10(11)16/h2-3,8H,4-6H2,1H3,(H2,11,16). The number of anilines is 1. The fourth-order valence-corrected chi connectivity index (χ4v) is 1.73. The van der Waals surface area contributed by atoms with Gasteiger partial charge in [-0.25, -0.2) is 0 Å². The van der Waals surface area contributed by atoms with Gasteiger partial charge in [-0.05, 0) is 19.1 Å². The lowest BCUT2D eigenvalue weighted by Gasteiger charge is -2.32. The fourth-order valence-electron chi connectivity index (χ4n) is 1.59. The van der Waals surface area contributed by atoms with E-state index in [2.05, 4.69) is 15.1 Å². The summed E-state index contributed by atoms with van der Waals surface area (Å²) in [6.45, 7) is 3.95. The molecule has 1 aromatic rings. The first kappa shape index (κ1) is 11.2. The Labute approximate surface area is 99.6 Å². The highest BCUT2D eigenvalue weighted by Crippen LogP contribution is 2.14. The molecule has 1 aliphatic rings. The lowest BCUT2D eigenvalue weighted by molar-refractivity contribution is 0.0843. The molecule has 0 aliphatic carbocycles. The van der Waals surface area contributed by atoms with E-state index in [0.29, 0.717) is 18.1 Å². The summed E-state index contributed by atoms with van der Waals surface area (Å²) in [4.78, 5) is 2.48. The van der Waals surface area contributed by atoms with Crippen LogP contribution >= 0.6 is 12.2 Å². The summed E-state index contributed by atoms with van der Waals surface area (Å²) in [5, 5.41) is 8.16. The Morgan fingerprint density at radius 1 is 1.56 bits per heavy atom. The molecule has 0 bridgehead atoms. The van der Waals surface area contributed by atoms with Gasteiger partial charge in [-0.3, -0.25) is 0 Å². The number of aryl methyl sites for hydroxylation is 1. The molecular weight excluding hydrogens is 224 g/mol. The van der Waals surface area contributed by atoms with E-state index in [1.807, 2.05) is 19.1 Å². The zero-order chi connectivity index (χ0) is 11.5. The van der Waals surface area contributed by atoms with Crippen LogP contribution in [0.4, 0.5) is 5.82 Å². The first-order chi connectivity index (χ1) is 7.66. The van der Waals surface area contributed by atoms with Crippen LogP contribution in [0.25, 0.3) is 0 Å². The topological polar surface area (TPSA) is 64.3 Å². The van der Waals surface area contributed by atoms with Crippen LogP contribution in [-0.4, -0.2) is 41.0 Å². The second-order valence-electron chi connectivity index (χ2n) is 3.74. The van der Waals surface area contributed by atoms with E-state index in [1.54, 1.807) is 0 Å². The molecule has 86 valence electrons. The van der Waals surface area contributed by atoms with Crippen LogP contribution in [0.1, 0.15) is 5.69 Å². The second-order valence-corrected chi connectivity index (χ2v) is 4.21. The van der Waals surface area contributed by atoms with Crippen LogP contribution in [0.2, 0.25) is 0 Å². The van der Waals surface area contributed by atoms with E-state index in [-0.39, 0.29) is 6.10 Å². The summed E-state index contributed by atoms with van der Waals surface area (Å²) in [7, 11) is 0. The van der Waals surface area contributed by atoms with E-state index < -0.39 is 0 Å². The molecular formula is C10H14N4OS. The minimum absolute atomic E-state index is 0.188. The molecule has 2 heterocycles. The summed E-state index contributed by atoms with van der Waals surface area (Å²) in [6.07, 6.45) is -0.188. The molecule has 1 aromatic heterocycles. The van der Waals surface area contributed by atoms with Crippen molar-refractivity contribution in [2.24, 2.45) is 5.73 Å². The third-order valence-corrected chi connectivity index (χ3v) is 2.75. The van der Waals surface area contributed by atoms with Gasteiger partial charge in [0.05, 0.1) is 18.8 Å². The van der Waals surface area contributed by atoms with Gasteiger partial charge in [-0.15, -0.1) is 5.10 Å². The first-order valence-electron chi connectivity index (χ1n) is 5.13. The largest absolute Gasteiger partial charge is 0.391 e. The summed E-state index contributed by atoms with van der Waals surface area (Å²) >= 11 is 4.93. The molecule has 0 radical (unpaired) electrons. The Morgan fingerprint density at radius 3 is 3.00 bits per heavy atom. The number of aromatic nitrogens is 2. The third-order valence-electron chi connectivity index (χ3n) is 2.49. The van der Waals surface area contributed by atoms with Crippen LogP contribution in [0.15, 0.2) is 12.1 Å². The highest BCUT2D eigenvalue weighted by Gasteiger charge is 2.23. The number of nitrogens with two attached hydrogens (primary N) is 1. The van der Waals surface area contributed by atoms with Crippen molar-refractivity contribution in [1.82, 2.24) is 10.2 Å². The molecule has 2 rings (SSSR count). The summed E-state index contributed by atoms with van der Waals surface area (Å²) in [5.41, 5.74) is 6.48. The highest BCUT2D eigenvalue weighted by atomic mass is 32.1. The molecule has 0 amide bonds. The summed E-state index contributed by atoms with van der Waals surface area (Å²) < 4.78 is 5.46. The molecule has 1 aliphatic heterocycles. The van der Waals surface area contributed by atoms with Crippen molar-refractivity contribution in [1.29, 1.82) is 0 Å². The predicted molar refractivity (Wildman–Crippen MR) is 65.5 cm³/mol. The van der Waals surface area contributed by atoms with Crippen molar-refractivity contribution in [2.45, 2.75) is 13.0 Å². The Balaban J connectivity index is 2.09. The molecule has 1 atom stereocenters. The predicted octanol–water partition coefficient (Wildman–Crippen LogP) is 0.276. The van der Waals surface area contributed by atoms with Crippen LogP contribution in [-0.2, 0) is 4.74 Å². The van der Waals surface area contributed by atoms with Crippen molar-refractivity contribution < 1.29 is 4.74 Å². The van der Waals surface area contributed by atoms with Gasteiger partial charge >= 0.3 is 0 Å². The van der Waals surface area contributed by atoms with E-state index in [0.717, 1.165) is 18.1 Å². The van der Waals surface area contributed by atoms with E-state index >= 15 is 0 Å². The number of nitrogens with zero attached hydrogens (tertiary/aromatic N) is 3. The number of ether oxygens (including phenoxy) is 1. The van der Waals surface area contributed by atoms with Gasteiger partial charge in [0.25, 0.3) is 0 Å². The summed E-state index contributed by atoms with van der Waals surface area (Å²) in [5.74, 6) is 0.843. The highest BCUT2D eigenvalue weighted by molar-refractivity contribution is 7.80. The van der Waals surface area contributed by atoms with Crippen LogP contribution in [0.3, 0.4) is 0 Å². The number of hydrogen-bond donors (Lipinski definition) is 1. The molecule has 16 heavy (non-hydrogen) atoms. The van der Waals surface area contributed by atoms with Crippen LogP contribution in [0, 0.1) is 6.92 Å². The number of rotatable bonds is 2. The monoisotopic (exact) mass is 238 g/mol. The minimum Gasteiger partial charge on any atom is -0.391 e. The van der Waals surface area contributed by atoms with E-state index in [4.69, 9.17) is 22.7 Å². The lowest BCUT2D eigenvalue weighted by atomic mass is 10.2. The Bertz CT molecular complexity index is 381. The summed E-state index contributed by atoms with van der Waals surface area (Å²) in [6, 6.07) is 3.89. The van der Waals surface area contributed by atoms with Crippen molar-refractivity contribution in [3.8, 4) is 0 Å². The van der Waals surface area contributed by atoms with Crippen molar-refractivity contribution in [3.05, 3.63) is 17.8 Å². The Morgan fingerprint density at radius 2 is 2.38 bits per heavy atom. The molecule has 0 saturated carbocycles.